The largest absolute Gasteiger partial charge is 0.478 e. The van der Waals surface area contributed by atoms with E-state index in [4.69, 9.17) is 5.11 Å². The van der Waals surface area contributed by atoms with Crippen molar-refractivity contribution in [2.75, 3.05) is 5.32 Å². The van der Waals surface area contributed by atoms with Gasteiger partial charge in [0.1, 0.15) is 5.82 Å². The number of aromatic nitrogens is 1. The minimum absolute atomic E-state index is 0.0313. The molecule has 4 nitrogen and oxygen atoms in total. The Balaban J connectivity index is 2.26. The molecular weight excluding hydrogens is 332 g/mol. The van der Waals surface area contributed by atoms with Crippen LogP contribution in [-0.4, -0.2) is 16.1 Å². The first-order chi connectivity index (χ1) is 9.99. The number of hydrogen-bond acceptors (Lipinski definition) is 3. The highest BCUT2D eigenvalue weighted by atomic mass is 79.9. The number of benzene rings is 1. The highest BCUT2D eigenvalue weighted by Gasteiger charge is 2.11. The summed E-state index contributed by atoms with van der Waals surface area (Å²) < 4.78 is 1.01. The summed E-state index contributed by atoms with van der Waals surface area (Å²) in [6.45, 7) is 3.97. The molecule has 0 bridgehead atoms. The summed E-state index contributed by atoms with van der Waals surface area (Å²) >= 11 is 3.45. The zero-order chi connectivity index (χ0) is 15.4. The molecule has 0 spiro atoms. The summed E-state index contributed by atoms with van der Waals surface area (Å²) in [4.78, 5) is 15.6. The molecule has 0 aliphatic rings. The van der Waals surface area contributed by atoms with Gasteiger partial charge in [0, 0.05) is 16.2 Å². The predicted molar refractivity (Wildman–Crippen MR) is 86.8 cm³/mol. The summed E-state index contributed by atoms with van der Waals surface area (Å²) in [7, 11) is 0. The fourth-order valence-electron chi connectivity index (χ4n) is 2.05. The Labute approximate surface area is 132 Å². The van der Waals surface area contributed by atoms with E-state index in [9.17, 15) is 4.79 Å². The second kappa shape index (κ2) is 6.72. The van der Waals surface area contributed by atoms with Crippen LogP contribution in [0.5, 0.6) is 0 Å². The summed E-state index contributed by atoms with van der Waals surface area (Å²) in [5.41, 5.74) is 2.12. The number of hydrogen-bond donors (Lipinski definition) is 2. The molecule has 0 saturated heterocycles. The lowest BCUT2D eigenvalue weighted by molar-refractivity contribution is 0.0696. The summed E-state index contributed by atoms with van der Waals surface area (Å²) in [6, 6.07) is 11.2. The first-order valence-corrected chi connectivity index (χ1v) is 7.55. The van der Waals surface area contributed by atoms with Crippen molar-refractivity contribution in [2.24, 2.45) is 0 Å². The average Bonchev–Trinajstić information content (AvgIpc) is 2.46. The molecule has 1 aromatic heterocycles. The minimum atomic E-state index is -0.940. The highest BCUT2D eigenvalue weighted by Crippen LogP contribution is 2.22. The van der Waals surface area contributed by atoms with Gasteiger partial charge >= 0.3 is 5.97 Å². The number of aryl methyl sites for hydroxylation is 1. The van der Waals surface area contributed by atoms with Gasteiger partial charge in [-0.1, -0.05) is 35.0 Å². The number of carbonyl (C=O) groups is 1. The van der Waals surface area contributed by atoms with Crippen molar-refractivity contribution in [3.63, 3.8) is 0 Å². The van der Waals surface area contributed by atoms with Crippen molar-refractivity contribution in [1.82, 2.24) is 4.98 Å². The molecule has 0 aliphatic carbocycles. The lowest BCUT2D eigenvalue weighted by atomic mass is 10.1. The Hall–Kier alpha value is -1.88. The molecular formula is C16H17BrN2O2. The number of carboxylic acids is 1. The van der Waals surface area contributed by atoms with Crippen LogP contribution in [0.1, 0.15) is 41.5 Å². The average molecular weight is 349 g/mol. The number of halogens is 1. The normalized spacial score (nSPS) is 12.0. The number of aromatic carboxylic acids is 1. The Morgan fingerprint density at radius 1 is 1.38 bits per heavy atom. The maximum Gasteiger partial charge on any atom is 0.335 e. The van der Waals surface area contributed by atoms with Crippen LogP contribution >= 0.6 is 15.9 Å². The second-order valence-corrected chi connectivity index (χ2v) is 5.73. The maximum absolute atomic E-state index is 11.2. The number of rotatable bonds is 5. The standard InChI is InChI=1S/C16H17BrN2O2/c1-3-14-8-12(16(20)21)9-15(19-14)18-10(2)11-5-4-6-13(17)7-11/h4-10H,3H2,1-2H3,(H,18,19)(H,20,21). The van der Waals surface area contributed by atoms with Gasteiger partial charge in [0.25, 0.3) is 0 Å². The molecule has 1 atom stereocenters. The van der Waals surface area contributed by atoms with Crippen LogP contribution in [0, 0.1) is 0 Å². The van der Waals surface area contributed by atoms with E-state index in [1.165, 1.54) is 0 Å². The molecule has 2 N–H and O–H groups in total. The lowest BCUT2D eigenvalue weighted by Crippen LogP contribution is -2.10. The number of carboxylic acid groups (broad SMARTS) is 1. The zero-order valence-corrected chi connectivity index (χ0v) is 13.5. The van der Waals surface area contributed by atoms with Gasteiger partial charge in [0.2, 0.25) is 0 Å². The van der Waals surface area contributed by atoms with Gasteiger partial charge in [-0.15, -0.1) is 0 Å². The number of anilines is 1. The van der Waals surface area contributed by atoms with Gasteiger partial charge in [0.15, 0.2) is 0 Å². The topological polar surface area (TPSA) is 62.2 Å². The fourth-order valence-corrected chi connectivity index (χ4v) is 2.46. The third kappa shape index (κ3) is 4.04. The van der Waals surface area contributed by atoms with Crippen LogP contribution in [0.3, 0.4) is 0 Å². The molecule has 1 unspecified atom stereocenters. The molecule has 2 aromatic rings. The number of nitrogens with zero attached hydrogens (tertiary/aromatic N) is 1. The Morgan fingerprint density at radius 3 is 2.76 bits per heavy atom. The van der Waals surface area contributed by atoms with Crippen LogP contribution in [-0.2, 0) is 6.42 Å². The van der Waals surface area contributed by atoms with Crippen LogP contribution in [0.25, 0.3) is 0 Å². The van der Waals surface area contributed by atoms with Crippen LogP contribution in [0.4, 0.5) is 5.82 Å². The zero-order valence-electron chi connectivity index (χ0n) is 11.9. The van der Waals surface area contributed by atoms with E-state index < -0.39 is 5.97 Å². The van der Waals surface area contributed by atoms with Gasteiger partial charge in [-0.05, 0) is 43.2 Å². The second-order valence-electron chi connectivity index (χ2n) is 4.81. The SMILES string of the molecule is CCc1cc(C(=O)O)cc(NC(C)c2cccc(Br)c2)n1. The minimum Gasteiger partial charge on any atom is -0.478 e. The fraction of sp³-hybridized carbons (Fsp3) is 0.250. The molecule has 5 heteroatoms. The Kier molecular flexibility index (Phi) is 4.96. The first-order valence-electron chi connectivity index (χ1n) is 6.76. The molecule has 0 saturated carbocycles. The Morgan fingerprint density at radius 2 is 2.14 bits per heavy atom. The maximum atomic E-state index is 11.2. The van der Waals surface area contributed by atoms with Crippen molar-refractivity contribution in [3.05, 3.63) is 57.7 Å². The monoisotopic (exact) mass is 348 g/mol. The van der Waals surface area contributed by atoms with Gasteiger partial charge in [-0.3, -0.25) is 0 Å². The van der Waals surface area contributed by atoms with Crippen molar-refractivity contribution in [3.8, 4) is 0 Å². The van der Waals surface area contributed by atoms with Gasteiger partial charge in [-0.25, -0.2) is 9.78 Å². The third-order valence-electron chi connectivity index (χ3n) is 3.20. The van der Waals surface area contributed by atoms with Gasteiger partial charge in [-0.2, -0.15) is 0 Å². The molecule has 0 amide bonds. The van der Waals surface area contributed by atoms with Crippen LogP contribution in [0.2, 0.25) is 0 Å². The van der Waals surface area contributed by atoms with Gasteiger partial charge < -0.3 is 10.4 Å². The van der Waals surface area contributed by atoms with E-state index in [-0.39, 0.29) is 11.6 Å². The van der Waals surface area contributed by atoms with E-state index >= 15 is 0 Å². The van der Waals surface area contributed by atoms with E-state index in [0.29, 0.717) is 12.2 Å². The summed E-state index contributed by atoms with van der Waals surface area (Å²) in [5.74, 6) is -0.357. The number of pyridine rings is 1. The predicted octanol–water partition coefficient (Wildman–Crippen LogP) is 4.28. The molecule has 0 radical (unpaired) electrons. The van der Waals surface area contributed by atoms with Crippen molar-refractivity contribution in [1.29, 1.82) is 0 Å². The van der Waals surface area contributed by atoms with E-state index in [2.05, 4.69) is 26.2 Å². The van der Waals surface area contributed by atoms with Gasteiger partial charge in [0.05, 0.1) is 5.56 Å². The quantitative estimate of drug-likeness (QED) is 0.846. The van der Waals surface area contributed by atoms with Crippen molar-refractivity contribution in [2.45, 2.75) is 26.3 Å². The highest BCUT2D eigenvalue weighted by molar-refractivity contribution is 9.10. The summed E-state index contributed by atoms with van der Waals surface area (Å²) in [6.07, 6.45) is 0.696. The van der Waals surface area contributed by atoms with E-state index in [0.717, 1.165) is 15.7 Å². The number of nitrogens with one attached hydrogen (secondary N) is 1. The smallest absolute Gasteiger partial charge is 0.335 e. The molecule has 0 fully saturated rings. The lowest BCUT2D eigenvalue weighted by Gasteiger charge is -2.16. The van der Waals surface area contributed by atoms with Crippen LogP contribution < -0.4 is 5.32 Å². The third-order valence-corrected chi connectivity index (χ3v) is 3.69. The molecule has 0 aliphatic heterocycles. The van der Waals surface area contributed by atoms with Crippen LogP contribution in [0.15, 0.2) is 40.9 Å². The van der Waals surface area contributed by atoms with Crippen molar-refractivity contribution >= 4 is 27.7 Å². The Bertz CT molecular complexity index is 658. The summed E-state index contributed by atoms with van der Waals surface area (Å²) in [5, 5.41) is 12.4. The van der Waals surface area contributed by atoms with E-state index in [1.807, 2.05) is 38.1 Å². The molecule has 2 rings (SSSR count). The molecule has 1 aromatic carbocycles. The first kappa shape index (κ1) is 15.5. The molecule has 21 heavy (non-hydrogen) atoms. The molecule has 110 valence electrons. The van der Waals surface area contributed by atoms with Crippen molar-refractivity contribution < 1.29 is 9.90 Å². The van der Waals surface area contributed by atoms with E-state index in [1.54, 1.807) is 12.1 Å². The molecule has 1 heterocycles.